The zero-order valence-electron chi connectivity index (χ0n) is 62.4. The van der Waals surface area contributed by atoms with E-state index in [0.717, 1.165) is 113 Å². The van der Waals surface area contributed by atoms with Gasteiger partial charge in [0.05, 0.1) is 36.5 Å². The largest absolute Gasteiger partial charge is 0.444 e. The first-order chi connectivity index (χ1) is 49.2. The number of carbonyl (C=O) groups excluding carboxylic acids is 3. The summed E-state index contributed by atoms with van der Waals surface area (Å²) in [5, 5.41) is 13.7. The SMILES string of the molecule is C=C1CC[C@H](NC(=O)OC(C)(C)C)c2ccccc21.CC(C)(C)OC(=O)N[C@H]1CCC(=O)c2ccccc21.COC[C@@H]1CC[C@H](NCC[C@@]2(c3ccccn3)CCOC3(CCCC3)C2)c2ccccc21.COC[C@H]1CC[C@H](NCC[C@@]2(c3ccccn3)CCOC3(CCCC3)C2)c2ccccc21. The van der Waals surface area contributed by atoms with Crippen molar-refractivity contribution in [2.45, 2.75) is 252 Å². The fourth-order valence-electron chi connectivity index (χ4n) is 18.0. The fraction of sp³-hybridized carbons (Fsp3) is 0.552. The molecule has 2 spiro atoms. The van der Waals surface area contributed by atoms with E-state index < -0.39 is 17.3 Å². The van der Waals surface area contributed by atoms with Crippen LogP contribution in [0.2, 0.25) is 0 Å². The molecule has 8 atom stereocenters. The molecule has 15 nitrogen and oxygen atoms in total. The number of carbonyl (C=O) groups is 3. The van der Waals surface area contributed by atoms with E-state index in [2.05, 4.69) is 107 Å². The Bertz CT molecular complexity index is 3470. The molecule has 2 aromatic heterocycles. The molecule has 0 bridgehead atoms. The maximum Gasteiger partial charge on any atom is 0.408 e. The molecule has 15 heteroatoms. The molecule has 2 aliphatic heterocycles. The average molecular weight is 1390 g/mol. The highest BCUT2D eigenvalue weighted by atomic mass is 16.6. The molecule has 14 rings (SSSR count). The third-order valence-corrected chi connectivity index (χ3v) is 22.8. The molecule has 4 aromatic carbocycles. The maximum absolute atomic E-state index is 11.9. The highest BCUT2D eigenvalue weighted by Gasteiger charge is 2.50. The third kappa shape index (κ3) is 19.4. The van der Waals surface area contributed by atoms with Crippen molar-refractivity contribution in [1.82, 2.24) is 31.2 Å². The topological polar surface area (TPSA) is 180 Å². The molecule has 4 heterocycles. The van der Waals surface area contributed by atoms with Gasteiger partial charge in [0.2, 0.25) is 0 Å². The van der Waals surface area contributed by atoms with Crippen molar-refractivity contribution >= 4 is 23.5 Å². The first-order valence-corrected chi connectivity index (χ1v) is 38.3. The fourth-order valence-corrected chi connectivity index (χ4v) is 18.0. The first kappa shape index (κ1) is 76.0. The minimum Gasteiger partial charge on any atom is -0.444 e. The van der Waals surface area contributed by atoms with Gasteiger partial charge in [-0.15, -0.1) is 0 Å². The van der Waals surface area contributed by atoms with Crippen molar-refractivity contribution in [1.29, 1.82) is 0 Å². The van der Waals surface area contributed by atoms with Crippen LogP contribution < -0.4 is 21.3 Å². The van der Waals surface area contributed by atoms with E-state index in [1.165, 1.54) is 111 Å². The van der Waals surface area contributed by atoms with Crippen LogP contribution >= 0.6 is 0 Å². The number of Topliss-reactive ketones (excluding diaryl/α,β-unsaturated/α-hetero) is 1. The summed E-state index contributed by atoms with van der Waals surface area (Å²) in [6, 6.07) is 47.0. The van der Waals surface area contributed by atoms with Crippen LogP contribution in [0.3, 0.4) is 0 Å². The highest BCUT2D eigenvalue weighted by molar-refractivity contribution is 5.99. The number of alkyl carbamates (subject to hydrolysis) is 2. The quantitative estimate of drug-likeness (QED) is 0.0720. The zero-order valence-corrected chi connectivity index (χ0v) is 62.4. The molecule has 4 N–H and O–H groups in total. The van der Waals surface area contributed by atoms with Gasteiger partial charge >= 0.3 is 12.2 Å². The van der Waals surface area contributed by atoms with Crippen molar-refractivity contribution in [2.24, 2.45) is 0 Å². The number of methoxy groups -OCH3 is 2. The number of aromatic nitrogens is 2. The number of allylic oxidation sites excluding steroid dienone is 1. The van der Waals surface area contributed by atoms with Crippen molar-refractivity contribution in [2.75, 3.05) is 53.7 Å². The molecule has 2 amide bonds. The highest BCUT2D eigenvalue weighted by Crippen LogP contribution is 2.52. The van der Waals surface area contributed by atoms with Crippen molar-refractivity contribution < 1.29 is 42.8 Å². The summed E-state index contributed by atoms with van der Waals surface area (Å²) < 4.78 is 34.4. The first-order valence-electron chi connectivity index (χ1n) is 38.3. The molecule has 6 aromatic rings. The van der Waals surface area contributed by atoms with Crippen molar-refractivity contribution in [3.05, 3.63) is 208 Å². The van der Waals surface area contributed by atoms with Gasteiger partial charge in [0.15, 0.2) is 5.78 Å². The number of benzene rings is 4. The Balaban J connectivity index is 0.000000141. The standard InChI is InChI=1S/2C28H38N2O2.C16H21NO2.C15H19NO3/c2*1-31-20-22-11-12-25(24-9-3-2-8-23(22)24)29-18-15-27(26-10-4-7-17-30-26)16-19-32-28(21-27)13-5-6-14-28;1-11-9-10-14(13-8-6-5-7-12(11)13)17-15(18)19-16(2,3)4;1-15(2,3)19-14(18)16-12-8-9-13(17)11-7-5-4-6-10(11)12/h2*2-4,7-10,17,22,25,29H,5-6,11-16,18-21H2,1H3;5-8,14H,1,9-10H2,2-4H3,(H,17,18);4-7,12H,8-9H2,1-3H3,(H,16,18)/t22-,25+,27-;22-,25-,27+;14-;12-/m1000/s1. The van der Waals surface area contributed by atoms with E-state index in [0.29, 0.717) is 42.3 Å². The average Bonchev–Trinajstić information content (AvgIpc) is 1.36. The second-order valence-corrected chi connectivity index (χ2v) is 32.2. The molecule has 0 unspecified atom stereocenters. The van der Waals surface area contributed by atoms with Crippen LogP contribution in [-0.2, 0) is 39.3 Å². The number of pyridine rings is 2. The van der Waals surface area contributed by atoms with E-state index in [1.807, 2.05) is 117 Å². The summed E-state index contributed by atoms with van der Waals surface area (Å²) in [5.41, 5.74) is 12.8. The molecule has 0 radical (unpaired) electrons. The van der Waals surface area contributed by atoms with Crippen LogP contribution in [-0.4, -0.2) is 104 Å². The lowest BCUT2D eigenvalue weighted by Crippen LogP contribution is -2.47. The lowest BCUT2D eigenvalue weighted by molar-refractivity contribution is -0.104. The predicted octanol–water partition coefficient (Wildman–Crippen LogP) is 18.7. The molecule has 6 aliphatic carbocycles. The van der Waals surface area contributed by atoms with Crippen LogP contribution in [0.1, 0.15) is 279 Å². The smallest absolute Gasteiger partial charge is 0.408 e. The van der Waals surface area contributed by atoms with Crippen LogP contribution in [0.5, 0.6) is 0 Å². The summed E-state index contributed by atoms with van der Waals surface area (Å²) in [4.78, 5) is 45.2. The van der Waals surface area contributed by atoms with Gasteiger partial charge in [-0.2, -0.15) is 0 Å². The molecule has 548 valence electrons. The predicted molar refractivity (Wildman–Crippen MR) is 405 cm³/mol. The van der Waals surface area contributed by atoms with E-state index in [4.69, 9.17) is 38.4 Å². The number of hydrogen-bond acceptors (Lipinski definition) is 13. The zero-order chi connectivity index (χ0) is 71.8. The van der Waals surface area contributed by atoms with Gasteiger partial charge < -0.3 is 49.7 Å². The second-order valence-electron chi connectivity index (χ2n) is 32.2. The minimum absolute atomic E-state index is 0.0107. The number of nitrogens with one attached hydrogen (secondary N) is 4. The summed E-state index contributed by atoms with van der Waals surface area (Å²) >= 11 is 0. The minimum atomic E-state index is -0.520. The van der Waals surface area contributed by atoms with Gasteiger partial charge in [0, 0.05) is 97.9 Å². The Morgan fingerprint density at radius 3 is 1.29 bits per heavy atom. The number of amides is 2. The molecule has 8 aliphatic rings. The Morgan fingerprint density at radius 2 is 0.873 bits per heavy atom. The number of hydrogen-bond donors (Lipinski definition) is 4. The Hall–Kier alpha value is -7.11. The Morgan fingerprint density at radius 1 is 0.480 bits per heavy atom. The molecular weight excluding hydrogens is 1270 g/mol. The van der Waals surface area contributed by atoms with E-state index in [-0.39, 0.29) is 46.0 Å². The van der Waals surface area contributed by atoms with Crippen LogP contribution in [0.15, 0.2) is 152 Å². The Labute approximate surface area is 608 Å². The summed E-state index contributed by atoms with van der Waals surface area (Å²) in [6.07, 6.45) is 27.4. The number of rotatable bonds is 16. The van der Waals surface area contributed by atoms with Crippen LogP contribution in [0, 0.1) is 0 Å². The lowest BCUT2D eigenvalue weighted by Gasteiger charge is -2.46. The Kier molecular flexibility index (Phi) is 25.8. The third-order valence-electron chi connectivity index (χ3n) is 22.8. The van der Waals surface area contributed by atoms with Gasteiger partial charge in [-0.05, 0) is 233 Å². The molecule has 2 saturated heterocycles. The van der Waals surface area contributed by atoms with Gasteiger partial charge in [-0.25, -0.2) is 9.59 Å². The number of nitrogens with zero attached hydrogens (tertiary/aromatic N) is 2. The van der Waals surface area contributed by atoms with Crippen LogP contribution in [0.25, 0.3) is 5.57 Å². The second kappa shape index (κ2) is 34.7. The van der Waals surface area contributed by atoms with Crippen LogP contribution in [0.4, 0.5) is 9.59 Å². The number of fused-ring (bicyclic) bond motifs is 4. The van der Waals surface area contributed by atoms with Gasteiger partial charge in [0.25, 0.3) is 0 Å². The lowest BCUT2D eigenvalue weighted by atomic mass is 9.68. The van der Waals surface area contributed by atoms with E-state index in [1.54, 1.807) is 6.07 Å². The van der Waals surface area contributed by atoms with Crippen molar-refractivity contribution in [3.8, 4) is 0 Å². The molecule has 4 fully saturated rings. The van der Waals surface area contributed by atoms with Gasteiger partial charge in [-0.3, -0.25) is 14.8 Å². The number of ether oxygens (including phenoxy) is 6. The summed E-state index contributed by atoms with van der Waals surface area (Å²) in [7, 11) is 3.63. The van der Waals surface area contributed by atoms with E-state index >= 15 is 0 Å². The molecule has 2 saturated carbocycles. The molecular formula is C87H116N6O9. The summed E-state index contributed by atoms with van der Waals surface area (Å²) in [5.74, 6) is 1.18. The normalized spacial score (nSPS) is 25.3. The maximum atomic E-state index is 11.9. The van der Waals surface area contributed by atoms with Gasteiger partial charge in [0.1, 0.15) is 11.2 Å². The van der Waals surface area contributed by atoms with Gasteiger partial charge in [-0.1, -0.05) is 141 Å². The molecule has 102 heavy (non-hydrogen) atoms. The number of ketones is 1. The van der Waals surface area contributed by atoms with Crippen molar-refractivity contribution in [3.63, 3.8) is 0 Å². The summed E-state index contributed by atoms with van der Waals surface area (Å²) in [6.45, 7) is 20.5. The monoisotopic (exact) mass is 1390 g/mol. The van der Waals surface area contributed by atoms with E-state index in [9.17, 15) is 14.4 Å².